The van der Waals surface area contributed by atoms with Gasteiger partial charge < -0.3 is 14.2 Å². The van der Waals surface area contributed by atoms with Crippen LogP contribution in [0.25, 0.3) is 10.9 Å². The highest BCUT2D eigenvalue weighted by Crippen LogP contribution is 2.34. The Bertz CT molecular complexity index is 798. The number of pyridine rings is 1. The number of benzene rings is 2. The van der Waals surface area contributed by atoms with Gasteiger partial charge in [0.15, 0.2) is 0 Å². The number of nitrogens with zero attached hydrogens (tertiary/aromatic N) is 1. The lowest BCUT2D eigenvalue weighted by Gasteiger charge is -2.11. The molecule has 0 atom stereocenters. The average molecular weight is 360 g/mol. The molecule has 0 amide bonds. The molecule has 0 saturated heterocycles. The highest BCUT2D eigenvalue weighted by molar-refractivity contribution is 9.10. The molecule has 22 heavy (non-hydrogen) atoms. The summed E-state index contributed by atoms with van der Waals surface area (Å²) < 4.78 is 17.5. The third-order valence-electron chi connectivity index (χ3n) is 3.22. The van der Waals surface area contributed by atoms with Crippen molar-refractivity contribution in [2.45, 2.75) is 0 Å². The summed E-state index contributed by atoms with van der Waals surface area (Å²) in [7, 11) is 3.22. The lowest BCUT2D eigenvalue weighted by atomic mass is 10.2. The summed E-state index contributed by atoms with van der Waals surface area (Å²) in [4.78, 5) is 4.34. The molecule has 0 aliphatic heterocycles. The minimum absolute atomic E-state index is 0.642. The van der Waals surface area contributed by atoms with Gasteiger partial charge in [-0.1, -0.05) is 15.9 Å². The number of hydrogen-bond acceptors (Lipinski definition) is 4. The molecule has 0 bridgehead atoms. The van der Waals surface area contributed by atoms with Crippen LogP contribution in [0.3, 0.4) is 0 Å². The van der Waals surface area contributed by atoms with Crippen molar-refractivity contribution in [3.8, 4) is 23.0 Å². The van der Waals surface area contributed by atoms with Gasteiger partial charge in [-0.3, -0.25) is 4.98 Å². The summed E-state index contributed by atoms with van der Waals surface area (Å²) in [5, 5.41) is 0.929. The summed E-state index contributed by atoms with van der Waals surface area (Å²) in [6.07, 6.45) is 1.73. The predicted octanol–water partition coefficient (Wildman–Crippen LogP) is 4.81. The molecule has 0 unspecified atom stereocenters. The zero-order chi connectivity index (χ0) is 15.5. The number of halogens is 1. The van der Waals surface area contributed by atoms with Crippen molar-refractivity contribution >= 4 is 26.8 Å². The van der Waals surface area contributed by atoms with E-state index in [1.807, 2.05) is 36.4 Å². The smallest absolute Gasteiger partial charge is 0.138 e. The first-order valence-corrected chi connectivity index (χ1v) is 7.44. The summed E-state index contributed by atoms with van der Waals surface area (Å²) in [6, 6.07) is 13.1. The summed E-state index contributed by atoms with van der Waals surface area (Å²) in [5.74, 6) is 2.72. The Labute approximate surface area is 136 Å². The van der Waals surface area contributed by atoms with E-state index in [0.717, 1.165) is 21.1 Å². The number of ether oxygens (including phenoxy) is 3. The van der Waals surface area contributed by atoms with Gasteiger partial charge in [0.05, 0.1) is 19.7 Å². The number of fused-ring (bicyclic) bond motifs is 1. The lowest BCUT2D eigenvalue weighted by Crippen LogP contribution is -1.91. The Morgan fingerprint density at radius 3 is 2.23 bits per heavy atom. The first-order chi connectivity index (χ1) is 10.7. The standard InChI is InChI=1S/C17H14BrNO3/c1-20-12-8-13(21-2)10-14(9-12)22-17-5-6-19-16-4-3-11(18)7-15(16)17/h3-10H,1-2H3. The van der Waals surface area contributed by atoms with Gasteiger partial charge in [-0.15, -0.1) is 0 Å². The first-order valence-electron chi connectivity index (χ1n) is 6.65. The van der Waals surface area contributed by atoms with E-state index in [4.69, 9.17) is 14.2 Å². The normalized spacial score (nSPS) is 10.5. The Morgan fingerprint density at radius 1 is 0.864 bits per heavy atom. The topological polar surface area (TPSA) is 40.6 Å². The summed E-state index contributed by atoms with van der Waals surface area (Å²) in [5.41, 5.74) is 0.871. The fourth-order valence-corrected chi connectivity index (χ4v) is 2.51. The number of rotatable bonds is 4. The third kappa shape index (κ3) is 2.99. The Balaban J connectivity index is 2.04. The third-order valence-corrected chi connectivity index (χ3v) is 3.71. The molecule has 3 aromatic rings. The Hall–Kier alpha value is -2.27. The van der Waals surface area contributed by atoms with E-state index in [1.54, 1.807) is 26.5 Å². The van der Waals surface area contributed by atoms with E-state index in [9.17, 15) is 0 Å². The van der Waals surface area contributed by atoms with Crippen LogP contribution >= 0.6 is 15.9 Å². The van der Waals surface area contributed by atoms with Crippen LogP contribution in [0.4, 0.5) is 0 Å². The van der Waals surface area contributed by atoms with Crippen molar-refractivity contribution in [2.75, 3.05) is 14.2 Å². The molecular formula is C17H14BrNO3. The molecule has 0 aliphatic rings. The number of aromatic nitrogens is 1. The van der Waals surface area contributed by atoms with Crippen LogP contribution < -0.4 is 14.2 Å². The van der Waals surface area contributed by atoms with Crippen molar-refractivity contribution in [3.63, 3.8) is 0 Å². The van der Waals surface area contributed by atoms with Crippen molar-refractivity contribution in [1.29, 1.82) is 0 Å². The molecule has 0 N–H and O–H groups in total. The maximum atomic E-state index is 6.01. The molecule has 4 nitrogen and oxygen atoms in total. The predicted molar refractivity (Wildman–Crippen MR) is 89.1 cm³/mol. The quantitative estimate of drug-likeness (QED) is 0.670. The molecule has 3 rings (SSSR count). The van der Waals surface area contributed by atoms with Gasteiger partial charge in [0.1, 0.15) is 23.0 Å². The van der Waals surface area contributed by atoms with E-state index < -0.39 is 0 Å². The van der Waals surface area contributed by atoms with Gasteiger partial charge in [0.2, 0.25) is 0 Å². The maximum Gasteiger partial charge on any atom is 0.138 e. The molecule has 5 heteroatoms. The van der Waals surface area contributed by atoms with Crippen LogP contribution in [-0.2, 0) is 0 Å². The molecule has 112 valence electrons. The van der Waals surface area contributed by atoms with Gasteiger partial charge in [-0.2, -0.15) is 0 Å². The second-order valence-electron chi connectivity index (χ2n) is 4.62. The van der Waals surface area contributed by atoms with Crippen molar-refractivity contribution < 1.29 is 14.2 Å². The van der Waals surface area contributed by atoms with E-state index in [-0.39, 0.29) is 0 Å². The van der Waals surface area contributed by atoms with Crippen LogP contribution in [0.5, 0.6) is 23.0 Å². The van der Waals surface area contributed by atoms with Crippen LogP contribution in [0, 0.1) is 0 Å². The molecule has 0 saturated carbocycles. The van der Waals surface area contributed by atoms with E-state index in [0.29, 0.717) is 17.2 Å². The second-order valence-corrected chi connectivity index (χ2v) is 5.54. The minimum Gasteiger partial charge on any atom is -0.496 e. The van der Waals surface area contributed by atoms with Gasteiger partial charge in [0, 0.05) is 34.3 Å². The first kappa shape index (κ1) is 14.7. The van der Waals surface area contributed by atoms with E-state index >= 15 is 0 Å². The van der Waals surface area contributed by atoms with Gasteiger partial charge in [-0.25, -0.2) is 0 Å². The molecule has 0 aliphatic carbocycles. The molecule has 2 aromatic carbocycles. The number of methoxy groups -OCH3 is 2. The molecule has 0 radical (unpaired) electrons. The van der Waals surface area contributed by atoms with Gasteiger partial charge in [-0.05, 0) is 24.3 Å². The van der Waals surface area contributed by atoms with Crippen LogP contribution in [0.1, 0.15) is 0 Å². The largest absolute Gasteiger partial charge is 0.496 e. The van der Waals surface area contributed by atoms with E-state index in [2.05, 4.69) is 20.9 Å². The zero-order valence-corrected chi connectivity index (χ0v) is 13.8. The molecule has 0 fully saturated rings. The molecule has 1 aromatic heterocycles. The van der Waals surface area contributed by atoms with Crippen LogP contribution in [0.2, 0.25) is 0 Å². The zero-order valence-electron chi connectivity index (χ0n) is 12.2. The Kier molecular flexibility index (Phi) is 4.15. The fraction of sp³-hybridized carbons (Fsp3) is 0.118. The van der Waals surface area contributed by atoms with E-state index in [1.165, 1.54) is 0 Å². The van der Waals surface area contributed by atoms with Crippen molar-refractivity contribution in [2.24, 2.45) is 0 Å². The summed E-state index contributed by atoms with van der Waals surface area (Å²) in [6.45, 7) is 0. The molecule has 1 heterocycles. The molecular weight excluding hydrogens is 346 g/mol. The van der Waals surface area contributed by atoms with Gasteiger partial charge >= 0.3 is 0 Å². The average Bonchev–Trinajstić information content (AvgIpc) is 2.55. The van der Waals surface area contributed by atoms with Crippen LogP contribution in [-0.4, -0.2) is 19.2 Å². The maximum absolute atomic E-state index is 6.01. The van der Waals surface area contributed by atoms with Crippen LogP contribution in [0.15, 0.2) is 53.1 Å². The second kappa shape index (κ2) is 6.23. The molecule has 0 spiro atoms. The van der Waals surface area contributed by atoms with Crippen molar-refractivity contribution in [3.05, 3.63) is 53.1 Å². The lowest BCUT2D eigenvalue weighted by molar-refractivity contribution is 0.387. The van der Waals surface area contributed by atoms with Gasteiger partial charge in [0.25, 0.3) is 0 Å². The summed E-state index contributed by atoms with van der Waals surface area (Å²) >= 11 is 3.47. The Morgan fingerprint density at radius 2 is 1.55 bits per heavy atom. The highest BCUT2D eigenvalue weighted by atomic mass is 79.9. The fourth-order valence-electron chi connectivity index (χ4n) is 2.15. The number of hydrogen-bond donors (Lipinski definition) is 0. The van der Waals surface area contributed by atoms with Crippen molar-refractivity contribution in [1.82, 2.24) is 4.98 Å². The SMILES string of the molecule is COc1cc(OC)cc(Oc2ccnc3ccc(Br)cc23)c1. The highest BCUT2D eigenvalue weighted by Gasteiger charge is 2.08. The minimum atomic E-state index is 0.642. The monoisotopic (exact) mass is 359 g/mol.